The number of aliphatic carboxylic acids is 1. The molecule has 0 radical (unpaired) electrons. The number of nitrogens with zero attached hydrogens (tertiary/aromatic N) is 3. The topological polar surface area (TPSA) is 84.3 Å². The van der Waals surface area contributed by atoms with Gasteiger partial charge in [-0.1, -0.05) is 5.16 Å². The highest BCUT2D eigenvalue weighted by Gasteiger charge is 2.23. The van der Waals surface area contributed by atoms with E-state index in [0.29, 0.717) is 26.2 Å². The molecule has 2 heterocycles. The van der Waals surface area contributed by atoms with Crippen LogP contribution in [0.4, 0.5) is 0 Å². The van der Waals surface area contributed by atoms with Crippen LogP contribution in [0.1, 0.15) is 12.1 Å². The number of rotatable bonds is 8. The number of carboxylic acid groups (broad SMARTS) is 1. The fourth-order valence-corrected chi connectivity index (χ4v) is 2.20. The summed E-state index contributed by atoms with van der Waals surface area (Å²) >= 11 is 3.34. The molecule has 0 fully saturated rings. The lowest BCUT2D eigenvalue weighted by molar-refractivity contribution is -0.138. The van der Waals surface area contributed by atoms with Crippen molar-refractivity contribution >= 4 is 27.6 Å². The van der Waals surface area contributed by atoms with Crippen LogP contribution in [0.3, 0.4) is 0 Å². The van der Waals surface area contributed by atoms with Crippen LogP contribution < -0.4 is 0 Å². The van der Waals surface area contributed by atoms with E-state index < -0.39 is 5.97 Å². The first-order chi connectivity index (χ1) is 10.5. The van der Waals surface area contributed by atoms with Gasteiger partial charge in [0.15, 0.2) is 6.10 Å². The zero-order valence-corrected chi connectivity index (χ0v) is 13.8. The average molecular weight is 372 g/mol. The van der Waals surface area contributed by atoms with Crippen molar-refractivity contribution in [2.45, 2.75) is 12.5 Å². The van der Waals surface area contributed by atoms with Crippen LogP contribution in [-0.4, -0.2) is 66.1 Å². The highest BCUT2D eigenvalue weighted by Crippen LogP contribution is 2.17. The Balaban J connectivity index is 1.66. The minimum atomic E-state index is -0.846. The first-order valence-electron chi connectivity index (χ1n) is 6.87. The fraction of sp³-hybridized carbons (Fsp3) is 0.500. The minimum Gasteiger partial charge on any atom is -0.480 e. The lowest BCUT2D eigenvalue weighted by Gasteiger charge is -2.14. The van der Waals surface area contributed by atoms with Gasteiger partial charge in [0.05, 0.1) is 25.5 Å². The van der Waals surface area contributed by atoms with Gasteiger partial charge < -0.3 is 14.7 Å². The van der Waals surface area contributed by atoms with Gasteiger partial charge >= 0.3 is 5.97 Å². The standard InChI is InChI=1S/C14H18BrN3O4/c1-18(8-14(19)20)4-5-21-9-11-6-13(17-22-11)12-3-2-10(15)7-16-12/h2-3,7,11H,4-6,8-9H2,1H3,(H,19,20)/t11-/m0/s1. The van der Waals surface area contributed by atoms with Crippen LogP contribution in [0.2, 0.25) is 0 Å². The predicted molar refractivity (Wildman–Crippen MR) is 83.9 cm³/mol. The van der Waals surface area contributed by atoms with Crippen LogP contribution in [0.25, 0.3) is 0 Å². The van der Waals surface area contributed by atoms with Crippen LogP contribution in [-0.2, 0) is 14.4 Å². The Hall–Kier alpha value is -1.51. The quantitative estimate of drug-likeness (QED) is 0.694. The van der Waals surface area contributed by atoms with Gasteiger partial charge in [0.25, 0.3) is 0 Å². The normalized spacial score (nSPS) is 17.4. The molecule has 2 rings (SSSR count). The number of hydrogen-bond acceptors (Lipinski definition) is 6. The van der Waals surface area contributed by atoms with Gasteiger partial charge in [-0.2, -0.15) is 0 Å². The van der Waals surface area contributed by atoms with Gasteiger partial charge in [0.1, 0.15) is 5.71 Å². The van der Waals surface area contributed by atoms with Gasteiger partial charge in [-0.15, -0.1) is 0 Å². The second kappa shape index (κ2) is 8.21. The van der Waals surface area contributed by atoms with Crippen molar-refractivity contribution < 1.29 is 19.5 Å². The van der Waals surface area contributed by atoms with Crippen molar-refractivity contribution in [1.82, 2.24) is 9.88 Å². The summed E-state index contributed by atoms with van der Waals surface area (Å²) in [5.41, 5.74) is 1.61. The number of oxime groups is 1. The molecule has 8 heteroatoms. The molecule has 120 valence electrons. The molecule has 0 bridgehead atoms. The molecule has 1 aliphatic heterocycles. The molecule has 0 spiro atoms. The van der Waals surface area contributed by atoms with Crippen LogP contribution in [0.5, 0.6) is 0 Å². The number of carbonyl (C=O) groups is 1. The summed E-state index contributed by atoms with van der Waals surface area (Å²) in [6.45, 7) is 1.44. The van der Waals surface area contributed by atoms with E-state index in [1.54, 1.807) is 18.1 Å². The van der Waals surface area contributed by atoms with Gasteiger partial charge in [-0.25, -0.2) is 0 Å². The number of likely N-dealkylation sites (N-methyl/N-ethyl adjacent to an activating group) is 1. The molecule has 1 atom stereocenters. The number of halogens is 1. The van der Waals surface area contributed by atoms with E-state index in [-0.39, 0.29) is 12.6 Å². The number of hydrogen-bond donors (Lipinski definition) is 1. The van der Waals surface area contributed by atoms with Gasteiger partial charge in [0.2, 0.25) is 0 Å². The van der Waals surface area contributed by atoms with E-state index in [9.17, 15) is 4.79 Å². The lowest BCUT2D eigenvalue weighted by atomic mass is 10.1. The number of aromatic nitrogens is 1. The summed E-state index contributed by atoms with van der Waals surface area (Å²) in [4.78, 5) is 21.8. The fourth-order valence-electron chi connectivity index (χ4n) is 1.96. The summed E-state index contributed by atoms with van der Waals surface area (Å²) in [5, 5.41) is 12.7. The van der Waals surface area contributed by atoms with E-state index in [2.05, 4.69) is 26.1 Å². The van der Waals surface area contributed by atoms with E-state index in [1.165, 1.54) is 0 Å². The summed E-state index contributed by atoms with van der Waals surface area (Å²) in [6, 6.07) is 3.79. The molecular weight excluding hydrogens is 354 g/mol. The average Bonchev–Trinajstić information content (AvgIpc) is 2.92. The summed E-state index contributed by atoms with van der Waals surface area (Å²) < 4.78 is 6.43. The molecule has 0 unspecified atom stereocenters. The Bertz CT molecular complexity index is 535. The molecular formula is C14H18BrN3O4. The van der Waals surface area contributed by atoms with Crippen molar-refractivity contribution in [3.05, 3.63) is 28.5 Å². The highest BCUT2D eigenvalue weighted by molar-refractivity contribution is 9.10. The Morgan fingerprint density at radius 2 is 2.41 bits per heavy atom. The summed E-state index contributed by atoms with van der Waals surface area (Å²) in [6.07, 6.45) is 2.25. The van der Waals surface area contributed by atoms with Gasteiger partial charge in [-0.3, -0.25) is 14.7 Å². The highest BCUT2D eigenvalue weighted by atomic mass is 79.9. The molecule has 1 N–H and O–H groups in total. The Kier molecular flexibility index (Phi) is 6.29. The molecule has 0 saturated carbocycles. The first kappa shape index (κ1) is 16.9. The largest absolute Gasteiger partial charge is 0.480 e. The second-order valence-electron chi connectivity index (χ2n) is 5.04. The van der Waals surface area contributed by atoms with Crippen molar-refractivity contribution in [3.63, 3.8) is 0 Å². The SMILES string of the molecule is CN(CCOC[C@@H]1CC(c2ccc(Br)cn2)=NO1)CC(=O)O. The molecule has 7 nitrogen and oxygen atoms in total. The number of carboxylic acids is 1. The third-order valence-corrected chi connectivity index (χ3v) is 3.55. The number of ether oxygens (including phenoxy) is 1. The molecule has 22 heavy (non-hydrogen) atoms. The zero-order chi connectivity index (χ0) is 15.9. The van der Waals surface area contributed by atoms with Crippen LogP contribution >= 0.6 is 15.9 Å². The van der Waals surface area contributed by atoms with Gasteiger partial charge in [-0.05, 0) is 35.1 Å². The summed E-state index contributed by atoms with van der Waals surface area (Å²) in [5.74, 6) is -0.846. The molecule has 0 aromatic carbocycles. The Morgan fingerprint density at radius 1 is 1.59 bits per heavy atom. The molecule has 1 aromatic rings. The van der Waals surface area contributed by atoms with E-state index in [4.69, 9.17) is 14.7 Å². The van der Waals surface area contributed by atoms with E-state index in [0.717, 1.165) is 15.9 Å². The van der Waals surface area contributed by atoms with Crippen LogP contribution in [0.15, 0.2) is 28.0 Å². The smallest absolute Gasteiger partial charge is 0.317 e. The van der Waals surface area contributed by atoms with Crippen molar-refractivity contribution in [1.29, 1.82) is 0 Å². The number of pyridine rings is 1. The Morgan fingerprint density at radius 3 is 3.09 bits per heavy atom. The van der Waals surface area contributed by atoms with Crippen molar-refractivity contribution in [3.8, 4) is 0 Å². The second-order valence-corrected chi connectivity index (χ2v) is 5.95. The monoisotopic (exact) mass is 371 g/mol. The molecule has 0 aliphatic carbocycles. The lowest BCUT2D eigenvalue weighted by Crippen LogP contribution is -2.29. The molecule has 1 aromatic heterocycles. The van der Waals surface area contributed by atoms with Crippen molar-refractivity contribution in [2.24, 2.45) is 5.16 Å². The van der Waals surface area contributed by atoms with Gasteiger partial charge in [0, 0.05) is 23.6 Å². The maximum atomic E-state index is 10.5. The van der Waals surface area contributed by atoms with E-state index in [1.807, 2.05) is 12.1 Å². The van der Waals surface area contributed by atoms with E-state index >= 15 is 0 Å². The maximum absolute atomic E-state index is 10.5. The minimum absolute atomic E-state index is 0.00574. The predicted octanol–water partition coefficient (Wildman–Crippen LogP) is 1.37. The third-order valence-electron chi connectivity index (χ3n) is 3.08. The molecule has 1 aliphatic rings. The maximum Gasteiger partial charge on any atom is 0.317 e. The Labute approximate surface area is 137 Å². The summed E-state index contributed by atoms with van der Waals surface area (Å²) in [7, 11) is 1.74. The van der Waals surface area contributed by atoms with Crippen LogP contribution in [0, 0.1) is 0 Å². The molecule has 0 saturated heterocycles. The molecule has 0 amide bonds. The van der Waals surface area contributed by atoms with Crippen molar-refractivity contribution in [2.75, 3.05) is 33.4 Å². The first-order valence-corrected chi connectivity index (χ1v) is 7.66. The zero-order valence-electron chi connectivity index (χ0n) is 12.2. The third kappa shape index (κ3) is 5.36.